The molecule has 188 valence electrons. The van der Waals surface area contributed by atoms with Crippen LogP contribution in [-0.4, -0.2) is 54.5 Å². The van der Waals surface area contributed by atoms with Crippen molar-refractivity contribution in [3.63, 3.8) is 0 Å². The number of benzene rings is 2. The van der Waals surface area contributed by atoms with Crippen molar-refractivity contribution in [2.45, 2.75) is 62.9 Å². The van der Waals surface area contributed by atoms with Gasteiger partial charge in [-0.15, -0.1) is 0 Å². The van der Waals surface area contributed by atoms with Gasteiger partial charge in [-0.3, -0.25) is 9.69 Å². The summed E-state index contributed by atoms with van der Waals surface area (Å²) in [6.45, 7) is 8.99. The van der Waals surface area contributed by atoms with Gasteiger partial charge >= 0.3 is 0 Å². The van der Waals surface area contributed by atoms with E-state index in [1.54, 1.807) is 0 Å². The molecule has 5 rings (SSSR count). The van der Waals surface area contributed by atoms with Crippen LogP contribution in [0.5, 0.6) is 0 Å². The molecule has 2 aromatic rings. The lowest BCUT2D eigenvalue weighted by molar-refractivity contribution is -0.137. The van der Waals surface area contributed by atoms with Crippen LogP contribution in [0.3, 0.4) is 0 Å². The molecular weight excluding hydrogens is 444 g/mol. The Morgan fingerprint density at radius 1 is 1.03 bits per heavy atom. The third-order valence-corrected chi connectivity index (χ3v) is 8.83. The predicted octanol–water partition coefficient (Wildman–Crippen LogP) is 5.00. The SMILES string of the molecule is CNC1CC2(CCN(C(=O)C3CN(C(C)(C)C)CC3c3ccc(F)cc3F)CC2)c2ccccc21. The van der Waals surface area contributed by atoms with Crippen LogP contribution < -0.4 is 5.32 Å². The molecule has 4 nitrogen and oxygen atoms in total. The minimum absolute atomic E-state index is 0.108. The largest absolute Gasteiger partial charge is 0.342 e. The average Bonchev–Trinajstić information content (AvgIpc) is 3.40. The van der Waals surface area contributed by atoms with Crippen molar-refractivity contribution in [3.8, 4) is 0 Å². The topological polar surface area (TPSA) is 35.6 Å². The zero-order chi connectivity index (χ0) is 25.0. The summed E-state index contributed by atoms with van der Waals surface area (Å²) < 4.78 is 28.4. The molecule has 1 amide bonds. The second-order valence-corrected chi connectivity index (χ2v) is 11.7. The number of hydrogen-bond acceptors (Lipinski definition) is 3. The van der Waals surface area contributed by atoms with E-state index in [4.69, 9.17) is 0 Å². The maximum absolute atomic E-state index is 14.8. The molecule has 3 unspecified atom stereocenters. The highest BCUT2D eigenvalue weighted by molar-refractivity contribution is 5.81. The van der Waals surface area contributed by atoms with Crippen molar-refractivity contribution in [3.05, 3.63) is 70.8 Å². The van der Waals surface area contributed by atoms with Crippen LogP contribution in [0.25, 0.3) is 0 Å². The van der Waals surface area contributed by atoms with Gasteiger partial charge in [0.05, 0.1) is 5.92 Å². The molecule has 3 aliphatic rings. The number of halogens is 2. The number of hydrogen-bond donors (Lipinski definition) is 1. The number of nitrogens with one attached hydrogen (secondary N) is 1. The van der Waals surface area contributed by atoms with Crippen LogP contribution in [-0.2, 0) is 10.2 Å². The van der Waals surface area contributed by atoms with E-state index >= 15 is 0 Å². The van der Waals surface area contributed by atoms with Crippen molar-refractivity contribution in [2.75, 3.05) is 33.2 Å². The summed E-state index contributed by atoms with van der Waals surface area (Å²) in [5, 5.41) is 3.47. The third kappa shape index (κ3) is 4.29. The third-order valence-electron chi connectivity index (χ3n) is 8.83. The average molecular weight is 482 g/mol. The Labute approximate surface area is 207 Å². The molecule has 0 saturated carbocycles. The van der Waals surface area contributed by atoms with Gasteiger partial charge in [-0.25, -0.2) is 8.78 Å². The van der Waals surface area contributed by atoms with Crippen molar-refractivity contribution in [1.82, 2.24) is 15.1 Å². The Bertz CT molecular complexity index is 1100. The molecule has 6 heteroatoms. The van der Waals surface area contributed by atoms with Gasteiger partial charge in [-0.1, -0.05) is 30.3 Å². The van der Waals surface area contributed by atoms with Gasteiger partial charge in [0.15, 0.2) is 0 Å². The molecule has 2 aliphatic heterocycles. The van der Waals surface area contributed by atoms with Crippen molar-refractivity contribution < 1.29 is 13.6 Å². The van der Waals surface area contributed by atoms with Crippen LogP contribution in [0, 0.1) is 17.6 Å². The molecule has 3 atom stereocenters. The number of likely N-dealkylation sites (tertiary alicyclic amines) is 2. The first-order chi connectivity index (χ1) is 16.6. The molecule has 0 bridgehead atoms. The van der Waals surface area contributed by atoms with E-state index in [1.807, 2.05) is 11.9 Å². The number of carbonyl (C=O) groups excluding carboxylic acids is 1. The first-order valence-electron chi connectivity index (χ1n) is 12.9. The van der Waals surface area contributed by atoms with Gasteiger partial charge in [0, 0.05) is 55.2 Å². The zero-order valence-electron chi connectivity index (χ0n) is 21.3. The van der Waals surface area contributed by atoms with E-state index in [2.05, 4.69) is 55.3 Å². The molecule has 0 radical (unpaired) electrons. The van der Waals surface area contributed by atoms with E-state index in [-0.39, 0.29) is 28.7 Å². The fraction of sp³-hybridized carbons (Fsp3) is 0.552. The number of fused-ring (bicyclic) bond motifs is 2. The fourth-order valence-electron chi connectivity index (χ4n) is 6.73. The zero-order valence-corrected chi connectivity index (χ0v) is 21.3. The van der Waals surface area contributed by atoms with E-state index in [0.717, 1.165) is 25.3 Å². The molecule has 1 spiro atoms. The standard InChI is InChI=1S/C29H37F2N3O/c1-28(2,3)34-17-22(20-10-9-19(30)15-25(20)31)23(18-34)27(35)33-13-11-29(12-14-33)16-26(32-4)21-7-5-6-8-24(21)29/h5-10,15,22-23,26,32H,11-14,16-18H2,1-4H3. The Hall–Kier alpha value is -2.31. The second kappa shape index (κ2) is 8.97. The van der Waals surface area contributed by atoms with Gasteiger partial charge in [0.25, 0.3) is 0 Å². The van der Waals surface area contributed by atoms with E-state index < -0.39 is 11.6 Å². The Kier molecular flexibility index (Phi) is 6.25. The van der Waals surface area contributed by atoms with Gasteiger partial charge in [0.2, 0.25) is 5.91 Å². The number of amides is 1. The van der Waals surface area contributed by atoms with Crippen molar-refractivity contribution >= 4 is 5.91 Å². The maximum Gasteiger partial charge on any atom is 0.227 e. The summed E-state index contributed by atoms with van der Waals surface area (Å²) >= 11 is 0. The summed E-state index contributed by atoms with van der Waals surface area (Å²) in [7, 11) is 2.02. The van der Waals surface area contributed by atoms with Gasteiger partial charge in [0.1, 0.15) is 11.6 Å². The van der Waals surface area contributed by atoms with Crippen molar-refractivity contribution in [1.29, 1.82) is 0 Å². The van der Waals surface area contributed by atoms with E-state index in [0.29, 0.717) is 37.8 Å². The minimum Gasteiger partial charge on any atom is -0.342 e. The lowest BCUT2D eigenvalue weighted by Gasteiger charge is -2.41. The lowest BCUT2D eigenvalue weighted by Crippen LogP contribution is -2.48. The highest BCUT2D eigenvalue weighted by Gasteiger charge is 2.48. The highest BCUT2D eigenvalue weighted by atomic mass is 19.1. The van der Waals surface area contributed by atoms with Gasteiger partial charge < -0.3 is 10.2 Å². The fourth-order valence-corrected chi connectivity index (χ4v) is 6.73. The van der Waals surface area contributed by atoms with Gasteiger partial charge in [-0.2, -0.15) is 0 Å². The number of rotatable bonds is 3. The first-order valence-corrected chi connectivity index (χ1v) is 12.9. The first kappa shape index (κ1) is 24.4. The highest BCUT2D eigenvalue weighted by Crippen LogP contribution is 2.51. The summed E-state index contributed by atoms with van der Waals surface area (Å²) in [6, 6.07) is 12.8. The molecule has 0 aromatic heterocycles. The predicted molar refractivity (Wildman–Crippen MR) is 134 cm³/mol. The van der Waals surface area contributed by atoms with Crippen LogP contribution >= 0.6 is 0 Å². The molecule has 1 aliphatic carbocycles. The Morgan fingerprint density at radius 3 is 2.40 bits per heavy atom. The maximum atomic E-state index is 14.8. The smallest absolute Gasteiger partial charge is 0.227 e. The number of piperidine rings is 1. The summed E-state index contributed by atoms with van der Waals surface area (Å²) in [5.74, 6) is -1.64. The van der Waals surface area contributed by atoms with E-state index in [1.165, 1.54) is 23.3 Å². The quantitative estimate of drug-likeness (QED) is 0.670. The summed E-state index contributed by atoms with van der Waals surface area (Å²) in [6.07, 6.45) is 2.95. The molecule has 2 aromatic carbocycles. The molecule has 2 fully saturated rings. The van der Waals surface area contributed by atoms with Gasteiger partial charge in [-0.05, 0) is 69.8 Å². The van der Waals surface area contributed by atoms with Crippen molar-refractivity contribution in [2.24, 2.45) is 5.92 Å². The molecule has 2 saturated heterocycles. The van der Waals surface area contributed by atoms with Crippen LogP contribution in [0.1, 0.15) is 68.7 Å². The summed E-state index contributed by atoms with van der Waals surface area (Å²) in [5.41, 5.74) is 3.24. The Morgan fingerprint density at radius 2 is 1.74 bits per heavy atom. The lowest BCUT2D eigenvalue weighted by atomic mass is 9.73. The minimum atomic E-state index is -0.585. The van der Waals surface area contributed by atoms with Crippen LogP contribution in [0.2, 0.25) is 0 Å². The molecule has 2 heterocycles. The molecule has 1 N–H and O–H groups in total. The number of nitrogens with zero attached hydrogens (tertiary/aromatic N) is 2. The Balaban J connectivity index is 1.37. The molecular formula is C29H37F2N3O. The second-order valence-electron chi connectivity index (χ2n) is 11.7. The normalized spacial score (nSPS) is 26.3. The van der Waals surface area contributed by atoms with Crippen LogP contribution in [0.15, 0.2) is 42.5 Å². The van der Waals surface area contributed by atoms with Crippen LogP contribution in [0.4, 0.5) is 8.78 Å². The summed E-state index contributed by atoms with van der Waals surface area (Å²) in [4.78, 5) is 18.2. The number of carbonyl (C=O) groups is 1. The van der Waals surface area contributed by atoms with E-state index in [9.17, 15) is 13.6 Å². The molecule has 35 heavy (non-hydrogen) atoms. The monoisotopic (exact) mass is 481 g/mol.